The summed E-state index contributed by atoms with van der Waals surface area (Å²) in [6.45, 7) is 8.91. The maximum absolute atomic E-state index is 9.70. The highest BCUT2D eigenvalue weighted by Crippen LogP contribution is 2.38. The zero-order valence-electron chi connectivity index (χ0n) is 22.5. The number of para-hydroxylation sites is 2. The zero-order valence-corrected chi connectivity index (χ0v) is 22.5. The summed E-state index contributed by atoms with van der Waals surface area (Å²) in [6, 6.07) is 33.3. The lowest BCUT2D eigenvalue weighted by molar-refractivity contribution is 1.17. The van der Waals surface area contributed by atoms with E-state index in [9.17, 15) is 5.26 Å². The van der Waals surface area contributed by atoms with Crippen molar-refractivity contribution in [1.29, 1.82) is 5.26 Å². The van der Waals surface area contributed by atoms with Gasteiger partial charge in [-0.15, -0.1) is 0 Å². The van der Waals surface area contributed by atoms with Crippen LogP contribution in [0.1, 0.15) is 27.8 Å². The van der Waals surface area contributed by atoms with Crippen molar-refractivity contribution in [2.24, 2.45) is 0 Å². The minimum absolute atomic E-state index is 0.0139. The van der Waals surface area contributed by atoms with Crippen LogP contribution in [0.2, 0.25) is 0 Å². The Kier molecular flexibility index (Phi) is 4.37. The fourth-order valence-electron chi connectivity index (χ4n) is 7.34. The van der Waals surface area contributed by atoms with Crippen LogP contribution in [-0.2, 0) is 0 Å². The van der Waals surface area contributed by atoms with E-state index in [-0.39, 0.29) is 6.85 Å². The van der Waals surface area contributed by atoms with E-state index in [1.54, 1.807) is 0 Å². The van der Waals surface area contributed by atoms with Gasteiger partial charge in [0.25, 0.3) is 0 Å². The third kappa shape index (κ3) is 2.82. The van der Waals surface area contributed by atoms with E-state index in [4.69, 9.17) is 0 Å². The third-order valence-electron chi connectivity index (χ3n) is 8.64. The molecule has 4 heteroatoms. The van der Waals surface area contributed by atoms with Gasteiger partial charge in [-0.1, -0.05) is 65.7 Å². The van der Waals surface area contributed by atoms with Gasteiger partial charge in [-0.05, 0) is 80.1 Å². The van der Waals surface area contributed by atoms with Crippen LogP contribution in [0, 0.1) is 39.0 Å². The highest BCUT2D eigenvalue weighted by Gasteiger charge is 2.36. The predicted octanol–water partition coefficient (Wildman–Crippen LogP) is 6.96. The molecular weight excluding hydrogens is 473 g/mol. The van der Waals surface area contributed by atoms with E-state index < -0.39 is 0 Å². The lowest BCUT2D eigenvalue weighted by Gasteiger charge is -2.29. The van der Waals surface area contributed by atoms with Crippen molar-refractivity contribution >= 4 is 61.4 Å². The Balaban J connectivity index is 1.61. The number of hydrogen-bond acceptors (Lipinski definition) is 1. The SMILES string of the molecule is Cc1cc(C)c2c(c1)c1cc(C)cc(C)c1n2B1c2ccccc2-n2c3cc(C#N)ccc3c3cccc1c32. The second kappa shape index (κ2) is 7.65. The number of fused-ring (bicyclic) bond motifs is 8. The van der Waals surface area contributed by atoms with Crippen LogP contribution in [0.4, 0.5) is 0 Å². The molecule has 0 amide bonds. The molecule has 0 aliphatic carbocycles. The number of rotatable bonds is 1. The van der Waals surface area contributed by atoms with Gasteiger partial charge in [0.15, 0.2) is 0 Å². The molecule has 0 radical (unpaired) electrons. The first-order chi connectivity index (χ1) is 19.0. The molecule has 0 atom stereocenters. The first-order valence-electron chi connectivity index (χ1n) is 13.5. The predicted molar refractivity (Wildman–Crippen MR) is 164 cm³/mol. The molecule has 3 heterocycles. The minimum atomic E-state index is 0.0139. The maximum Gasteiger partial charge on any atom is 0.332 e. The van der Waals surface area contributed by atoms with E-state index in [1.807, 2.05) is 12.1 Å². The molecule has 0 saturated heterocycles. The van der Waals surface area contributed by atoms with Crippen molar-refractivity contribution in [3.8, 4) is 11.8 Å². The number of nitriles is 1. The van der Waals surface area contributed by atoms with Crippen LogP contribution >= 0.6 is 0 Å². The van der Waals surface area contributed by atoms with Gasteiger partial charge in [0.1, 0.15) is 0 Å². The van der Waals surface area contributed by atoms with Crippen molar-refractivity contribution in [1.82, 2.24) is 9.05 Å². The summed E-state index contributed by atoms with van der Waals surface area (Å²) >= 11 is 0. The smallest absolute Gasteiger partial charge is 0.332 e. The van der Waals surface area contributed by atoms with Crippen molar-refractivity contribution in [3.05, 3.63) is 113 Å². The third-order valence-corrected chi connectivity index (χ3v) is 8.64. The van der Waals surface area contributed by atoms with Crippen molar-refractivity contribution in [3.63, 3.8) is 0 Å². The Morgan fingerprint density at radius 3 is 1.97 bits per heavy atom. The average molecular weight is 499 g/mol. The lowest BCUT2D eigenvalue weighted by Crippen LogP contribution is -2.53. The fourth-order valence-corrected chi connectivity index (χ4v) is 7.34. The molecule has 3 nitrogen and oxygen atoms in total. The largest absolute Gasteiger partial charge is 0.375 e. The lowest BCUT2D eigenvalue weighted by atomic mass is 9.48. The Labute approximate surface area is 227 Å². The standard InChI is InChI=1S/C35H26BN3/c1-20-14-22(3)33-27(16-20)28-17-21(2)15-23(4)34(28)39(33)36-29-9-5-6-11-31(29)38-32-18-24(19-37)12-13-25(32)26-8-7-10-30(36)35(26)38/h5-18H,1-4H3. The molecule has 184 valence electrons. The Morgan fingerprint density at radius 2 is 1.28 bits per heavy atom. The van der Waals surface area contributed by atoms with Crippen LogP contribution in [0.25, 0.3) is 49.3 Å². The normalized spacial score (nSPS) is 12.5. The Hall–Kier alpha value is -4.75. The quantitative estimate of drug-likeness (QED) is 0.225. The molecular formula is C35H26BN3. The molecule has 0 unspecified atom stereocenters. The number of benzene rings is 5. The van der Waals surface area contributed by atoms with Crippen molar-refractivity contribution in [2.45, 2.75) is 27.7 Å². The molecule has 7 aromatic rings. The summed E-state index contributed by atoms with van der Waals surface area (Å²) in [5, 5.41) is 14.8. The second-order valence-corrected chi connectivity index (χ2v) is 11.2. The van der Waals surface area contributed by atoms with E-state index in [0.717, 1.165) is 5.52 Å². The van der Waals surface area contributed by atoms with Crippen LogP contribution < -0.4 is 10.9 Å². The molecule has 1 aliphatic rings. The minimum Gasteiger partial charge on any atom is -0.375 e. The van der Waals surface area contributed by atoms with Gasteiger partial charge < -0.3 is 9.05 Å². The van der Waals surface area contributed by atoms with Crippen molar-refractivity contribution in [2.75, 3.05) is 0 Å². The highest BCUT2D eigenvalue weighted by atomic mass is 15.0. The van der Waals surface area contributed by atoms with Crippen LogP contribution in [-0.4, -0.2) is 15.9 Å². The van der Waals surface area contributed by atoms with Gasteiger partial charge in [-0.2, -0.15) is 5.26 Å². The summed E-state index contributed by atoms with van der Waals surface area (Å²) < 4.78 is 5.00. The molecule has 8 rings (SSSR count). The molecule has 0 spiro atoms. The van der Waals surface area contributed by atoms with Crippen LogP contribution in [0.5, 0.6) is 0 Å². The van der Waals surface area contributed by atoms with E-state index >= 15 is 0 Å². The highest BCUT2D eigenvalue weighted by molar-refractivity contribution is 6.88. The van der Waals surface area contributed by atoms with Crippen LogP contribution in [0.3, 0.4) is 0 Å². The van der Waals surface area contributed by atoms with E-state index in [1.165, 1.54) is 77.0 Å². The van der Waals surface area contributed by atoms with Crippen molar-refractivity contribution < 1.29 is 0 Å². The number of nitrogens with zero attached hydrogens (tertiary/aromatic N) is 3. The zero-order chi connectivity index (χ0) is 26.6. The maximum atomic E-state index is 9.70. The molecule has 39 heavy (non-hydrogen) atoms. The molecule has 1 aliphatic heterocycles. The summed E-state index contributed by atoms with van der Waals surface area (Å²) in [6.07, 6.45) is 0. The summed E-state index contributed by atoms with van der Waals surface area (Å²) in [7, 11) is 0. The monoisotopic (exact) mass is 499 g/mol. The van der Waals surface area contributed by atoms with Crippen LogP contribution in [0.15, 0.2) is 84.9 Å². The Bertz CT molecular complexity index is 2170. The van der Waals surface area contributed by atoms with Gasteiger partial charge in [0.05, 0.1) is 22.7 Å². The van der Waals surface area contributed by atoms with Gasteiger partial charge in [-0.3, -0.25) is 0 Å². The Morgan fingerprint density at radius 1 is 0.615 bits per heavy atom. The van der Waals surface area contributed by atoms with Gasteiger partial charge in [0, 0.05) is 38.3 Å². The fraction of sp³-hybridized carbons (Fsp3) is 0.114. The molecule has 0 N–H and O–H groups in total. The molecule has 5 aromatic carbocycles. The second-order valence-electron chi connectivity index (χ2n) is 11.2. The number of aromatic nitrogens is 2. The summed E-state index contributed by atoms with van der Waals surface area (Å²) in [5.41, 5.74) is 14.5. The van der Waals surface area contributed by atoms with Gasteiger partial charge in [0.2, 0.25) is 0 Å². The van der Waals surface area contributed by atoms with Gasteiger partial charge in [-0.25, -0.2) is 0 Å². The molecule has 0 saturated carbocycles. The van der Waals surface area contributed by atoms with E-state index in [0.29, 0.717) is 5.56 Å². The van der Waals surface area contributed by atoms with E-state index in [2.05, 4.69) is 116 Å². The first kappa shape index (κ1) is 22.3. The summed E-state index contributed by atoms with van der Waals surface area (Å²) in [4.78, 5) is 0. The molecule has 0 bridgehead atoms. The molecule has 0 fully saturated rings. The number of aryl methyl sites for hydroxylation is 4. The van der Waals surface area contributed by atoms with Gasteiger partial charge >= 0.3 is 6.85 Å². The topological polar surface area (TPSA) is 33.6 Å². The summed E-state index contributed by atoms with van der Waals surface area (Å²) in [5.74, 6) is 0. The average Bonchev–Trinajstić information content (AvgIpc) is 3.43. The number of hydrogen-bond donors (Lipinski definition) is 0. The molecule has 2 aromatic heterocycles. The first-order valence-corrected chi connectivity index (χ1v) is 13.5.